The number of aliphatic hydroxyl groups is 26. The number of aliphatic hydroxyl groups excluding tert-OH is 26. The van der Waals surface area contributed by atoms with Gasteiger partial charge in [-0.2, -0.15) is 0 Å². The molecule has 0 spiro atoms. The molecular weight excluding hydrogens is 1760 g/mol. The molecule has 10 aliphatic rings. The predicted octanol–water partition coefficient (Wildman–Crippen LogP) is -21.9. The zero-order chi connectivity index (χ0) is 95.1. The van der Waals surface area contributed by atoms with Crippen molar-refractivity contribution in [1.29, 1.82) is 0 Å². The first-order valence-corrected chi connectivity index (χ1v) is 41.1. The lowest BCUT2D eigenvalue weighted by Crippen LogP contribution is -2.71. The van der Waals surface area contributed by atoms with Crippen LogP contribution in [-0.4, -0.2) is 541 Å². The highest BCUT2D eigenvalue weighted by Crippen LogP contribution is 2.41. The first kappa shape index (κ1) is 106. The minimum atomic E-state index is -2.70. The standard InChI is InChI=1S/C72H120N6O51/c1-17(87)73-33-48(102)56(27(11-83)113-63(33)110)123-67-37(77-21(5)91)49(103)58(29(13-85)118-67)126-70-55(109)60(127-72-62(129-66-36(76-20(4)90)47(101)41(95)25(9-81)116-66)54(108)59(30(14-86)120-72)124-65-35(75-19(3)89)46(100)40(94)24(8-80)115-65)44(98)32(121-70)16-112-71-61(52(106)43(97)31(122-71)15-111-64-34(74-18(2)88)45(99)39(93)23(7-79)114-64)128-68-38(78-22(6)92)50(104)57(28(12-84)119-68)125-69-53(107)51(105)42(96)26(10-82)117-69/h23-72,79-86,93-110H,7-16H2,1-6H3,(H,73,87)(H,74,88)(H,75,89)(H,76,90)(H,77,91)(H,78,92)/t23-,24-,25-,26-,27-,28-,29-,30-,31-,32-,33-,34-,35-,36+,37-,38-,39-,40-,41-,42+,43-,44-,45-,46-,47-,48-,49-,50-,51+,52+,53-,54+,55+,56-,57-,58-,59-,60+,61+,62+,63?,64-,65+,66+,67+,68+,69+,70+,71+,72-/m1/s1. The van der Waals surface area contributed by atoms with Gasteiger partial charge >= 0.3 is 0 Å². The Balaban J connectivity index is 1.06. The maximum Gasteiger partial charge on any atom is 0.217 e. The fourth-order valence-corrected chi connectivity index (χ4v) is 16.6. The molecule has 0 radical (unpaired) electrons. The van der Waals surface area contributed by atoms with Gasteiger partial charge in [0.15, 0.2) is 62.9 Å². The molecule has 10 aliphatic heterocycles. The van der Waals surface area contributed by atoms with Crippen LogP contribution in [0.1, 0.15) is 41.5 Å². The maximum absolute atomic E-state index is 13.2. The van der Waals surface area contributed by atoms with Gasteiger partial charge in [-0.25, -0.2) is 0 Å². The molecule has 50 atom stereocenters. The highest BCUT2D eigenvalue weighted by Gasteiger charge is 2.62. The number of carbonyl (C=O) groups excluding carboxylic acids is 6. The highest BCUT2D eigenvalue weighted by atomic mass is 16.8. The first-order chi connectivity index (χ1) is 61.0. The van der Waals surface area contributed by atoms with Crippen LogP contribution in [0.4, 0.5) is 0 Å². The average Bonchev–Trinajstić information content (AvgIpc) is 0.759. The SMILES string of the molecule is CC(=O)N[C@@H]1[C@H](O[C@@H]2[C@@H](O[C@@H]3[C@H](O)[C@H](O[C@H]4[C@H](O)[C@@H](NC(C)=O)[C@H](O[C@H]5[C@H](O)[C@@H](NC(C)=O)C(O)O[C@@H]5CO)O[C@@H]4CO)O[C@H](CO[C@H]4O[C@H](CO[C@@H]5O[C@H](CO)[C@@H](O)[C@H](O)[C@H]5NC(C)=O)[C@@H](O)[C@H](O)[C@@H]4O[C@@H]4O[C@H](CO)[C@@H](O[C@@H]5O[C@H](CO)[C@H](O)[C@H](O)[C@H]5O)[C@H](O)[C@H]4NC(C)=O)[C@H]3O)O[C@H](CO)[C@@H](O[C@@H]3O[C@H](CO)[C@@H](O)[C@H](O)[C@H]3NC(C)=O)[C@@H]2O)O[C@H](CO)[C@@H](O)[C@@H]1O. The summed E-state index contributed by atoms with van der Waals surface area (Å²) in [7, 11) is 0. The minimum Gasteiger partial charge on any atom is -0.394 e. The van der Waals surface area contributed by atoms with Gasteiger partial charge in [0, 0.05) is 41.5 Å². The Morgan fingerprint density at radius 1 is 0.202 bits per heavy atom. The number of carbonyl (C=O) groups is 6. The van der Waals surface area contributed by atoms with Crippen molar-refractivity contribution in [3.8, 4) is 0 Å². The zero-order valence-corrected chi connectivity index (χ0v) is 69.8. The molecule has 0 aromatic heterocycles. The second-order valence-electron chi connectivity index (χ2n) is 32.5. The molecule has 32 N–H and O–H groups in total. The molecule has 1 unspecified atom stereocenters. The number of amides is 6. The van der Waals surface area contributed by atoms with Gasteiger partial charge in [0.05, 0.1) is 66.1 Å². The lowest BCUT2D eigenvalue weighted by Gasteiger charge is -2.52. The molecule has 0 saturated carbocycles. The van der Waals surface area contributed by atoms with Gasteiger partial charge < -0.3 is 255 Å². The molecule has 10 fully saturated rings. The Kier molecular flexibility index (Phi) is 38.4. The van der Waals surface area contributed by atoms with Crippen molar-refractivity contribution in [3.63, 3.8) is 0 Å². The normalized spacial score (nSPS) is 47.5. The van der Waals surface area contributed by atoms with E-state index in [4.69, 9.17) is 90.0 Å². The van der Waals surface area contributed by atoms with Gasteiger partial charge in [-0.3, -0.25) is 28.8 Å². The predicted molar refractivity (Wildman–Crippen MR) is 399 cm³/mol. The minimum absolute atomic E-state index is 0.819. The molecule has 6 amide bonds. The van der Waals surface area contributed by atoms with E-state index in [1.54, 1.807) is 0 Å². The van der Waals surface area contributed by atoms with Crippen molar-refractivity contribution in [2.24, 2.45) is 0 Å². The molecule has 10 heterocycles. The summed E-state index contributed by atoms with van der Waals surface area (Å²) in [5.74, 6) is -5.51. The van der Waals surface area contributed by atoms with Crippen LogP contribution in [0.25, 0.3) is 0 Å². The Morgan fingerprint density at radius 2 is 0.442 bits per heavy atom. The molecule has 0 aliphatic carbocycles. The van der Waals surface area contributed by atoms with Crippen LogP contribution >= 0.6 is 0 Å². The monoisotopic (exact) mass is 1880 g/mol. The van der Waals surface area contributed by atoms with E-state index in [1.165, 1.54) is 0 Å². The van der Waals surface area contributed by atoms with Gasteiger partial charge in [-0.15, -0.1) is 0 Å². The fraction of sp³-hybridized carbons (Fsp3) is 0.917. The van der Waals surface area contributed by atoms with E-state index in [0.29, 0.717) is 0 Å². The number of hydrogen-bond donors (Lipinski definition) is 32. The number of ether oxygens (including phenoxy) is 19. The van der Waals surface area contributed by atoms with Crippen molar-refractivity contribution >= 4 is 35.4 Å². The Bertz CT molecular complexity index is 3570. The van der Waals surface area contributed by atoms with Gasteiger partial charge in [-0.05, 0) is 0 Å². The molecule has 0 bridgehead atoms. The number of nitrogens with one attached hydrogen (secondary N) is 6. The van der Waals surface area contributed by atoms with Crippen LogP contribution in [0.2, 0.25) is 0 Å². The Labute approximate surface area is 731 Å². The molecule has 10 rings (SSSR count). The molecule has 0 aromatic carbocycles. The van der Waals surface area contributed by atoms with Crippen LogP contribution in [0.3, 0.4) is 0 Å². The summed E-state index contributed by atoms with van der Waals surface area (Å²) in [4.78, 5) is 76.7. The first-order valence-electron chi connectivity index (χ1n) is 41.1. The summed E-state index contributed by atoms with van der Waals surface area (Å²) < 4.78 is 115. The maximum atomic E-state index is 13.2. The van der Waals surface area contributed by atoms with E-state index in [1.807, 2.05) is 0 Å². The summed E-state index contributed by atoms with van der Waals surface area (Å²) in [6.07, 6.45) is -94.5. The fourth-order valence-electron chi connectivity index (χ4n) is 16.6. The second kappa shape index (κ2) is 46.7. The van der Waals surface area contributed by atoms with E-state index in [9.17, 15) is 162 Å². The summed E-state index contributed by atoms with van der Waals surface area (Å²) >= 11 is 0. The third-order valence-corrected chi connectivity index (χ3v) is 23.3. The van der Waals surface area contributed by atoms with Crippen LogP contribution in [0, 0.1) is 0 Å². The van der Waals surface area contributed by atoms with Crippen LogP contribution < -0.4 is 31.9 Å². The third-order valence-electron chi connectivity index (χ3n) is 23.3. The summed E-state index contributed by atoms with van der Waals surface area (Å²) in [5, 5.41) is 308. The Morgan fingerprint density at radius 3 is 0.829 bits per heavy atom. The summed E-state index contributed by atoms with van der Waals surface area (Å²) in [6, 6.07) is -11.2. The second-order valence-corrected chi connectivity index (χ2v) is 32.5. The van der Waals surface area contributed by atoms with E-state index >= 15 is 0 Å². The summed E-state index contributed by atoms with van der Waals surface area (Å²) in [5.41, 5.74) is 0. The van der Waals surface area contributed by atoms with E-state index in [2.05, 4.69) is 31.9 Å². The van der Waals surface area contributed by atoms with Crippen molar-refractivity contribution in [2.75, 3.05) is 66.1 Å². The molecule has 129 heavy (non-hydrogen) atoms. The van der Waals surface area contributed by atoms with E-state index in [0.717, 1.165) is 41.5 Å². The molecule has 744 valence electrons. The molecule has 10 saturated heterocycles. The lowest BCUT2D eigenvalue weighted by atomic mass is 9.93. The van der Waals surface area contributed by atoms with Gasteiger partial charge in [-0.1, -0.05) is 0 Å². The van der Waals surface area contributed by atoms with E-state index in [-0.39, 0.29) is 0 Å². The van der Waals surface area contributed by atoms with Crippen LogP contribution in [0.5, 0.6) is 0 Å². The van der Waals surface area contributed by atoms with Crippen LogP contribution in [0.15, 0.2) is 0 Å². The largest absolute Gasteiger partial charge is 0.394 e. The van der Waals surface area contributed by atoms with Crippen molar-refractivity contribution in [3.05, 3.63) is 0 Å². The quantitative estimate of drug-likeness (QED) is 0.0284. The van der Waals surface area contributed by atoms with Gasteiger partial charge in [0.1, 0.15) is 244 Å². The highest BCUT2D eigenvalue weighted by molar-refractivity contribution is 5.75. The summed E-state index contributed by atoms with van der Waals surface area (Å²) in [6.45, 7) is -5.67. The Hall–Kier alpha value is -4.98. The average molecular weight is 1890 g/mol. The molecular formula is C72H120N6O51. The topological polar surface area (TPSA) is 876 Å². The lowest BCUT2D eigenvalue weighted by molar-refractivity contribution is -0.403. The third kappa shape index (κ3) is 24.2. The van der Waals surface area contributed by atoms with Gasteiger partial charge in [0.25, 0.3) is 0 Å². The van der Waals surface area contributed by atoms with Crippen molar-refractivity contribution in [2.45, 2.75) is 348 Å². The van der Waals surface area contributed by atoms with Crippen molar-refractivity contribution in [1.82, 2.24) is 31.9 Å². The zero-order valence-electron chi connectivity index (χ0n) is 69.8. The van der Waals surface area contributed by atoms with Crippen LogP contribution in [-0.2, 0) is 119 Å². The number of hydrogen-bond acceptors (Lipinski definition) is 51. The van der Waals surface area contributed by atoms with E-state index < -0.39 is 408 Å². The molecule has 57 heteroatoms. The smallest absolute Gasteiger partial charge is 0.217 e. The molecule has 0 aromatic rings. The molecule has 57 nitrogen and oxygen atoms in total. The van der Waals surface area contributed by atoms with Crippen molar-refractivity contribution < 1.29 is 252 Å². The van der Waals surface area contributed by atoms with Gasteiger partial charge in [0.2, 0.25) is 35.4 Å². The number of rotatable bonds is 34.